The highest BCUT2D eigenvalue weighted by Crippen LogP contribution is 2.18. The first-order chi connectivity index (χ1) is 7.63. The van der Waals surface area contributed by atoms with Crippen LogP contribution in [0.5, 0.6) is 0 Å². The Labute approximate surface area is 99.1 Å². The van der Waals surface area contributed by atoms with E-state index >= 15 is 0 Å². The molecule has 16 heavy (non-hydrogen) atoms. The molecule has 1 fully saturated rings. The fraction of sp³-hybridized carbons (Fsp3) is 0.923. The number of rotatable bonds is 5. The average Bonchev–Trinajstić information content (AvgIpc) is 2.27. The highest BCUT2D eigenvalue weighted by molar-refractivity contribution is 5.72. The summed E-state index contributed by atoms with van der Waals surface area (Å²) in [5, 5.41) is 0. The van der Waals surface area contributed by atoms with Gasteiger partial charge in [0.25, 0.3) is 0 Å². The third kappa shape index (κ3) is 4.52. The second kappa shape index (κ2) is 6.89. The molecule has 0 aromatic rings. The van der Waals surface area contributed by atoms with Gasteiger partial charge in [0.1, 0.15) is 0 Å². The monoisotopic (exact) mass is 227 g/mol. The molecule has 1 rings (SSSR count). The second-order valence-electron chi connectivity index (χ2n) is 5.07. The molecule has 0 spiro atoms. The van der Waals surface area contributed by atoms with E-state index in [0.717, 1.165) is 38.4 Å². The fourth-order valence-electron chi connectivity index (χ4n) is 2.15. The first kappa shape index (κ1) is 13.5. The smallest absolute Gasteiger partial charge is 0.310 e. The van der Waals surface area contributed by atoms with E-state index in [1.165, 1.54) is 6.42 Å². The molecule has 1 saturated heterocycles. The molecule has 0 unspecified atom stereocenters. The molecule has 1 aliphatic heterocycles. The number of esters is 1. The van der Waals surface area contributed by atoms with Gasteiger partial charge in [-0.15, -0.1) is 0 Å². The van der Waals surface area contributed by atoms with E-state index in [-0.39, 0.29) is 11.9 Å². The summed E-state index contributed by atoms with van der Waals surface area (Å²) in [6.07, 6.45) is 3.34. The van der Waals surface area contributed by atoms with Gasteiger partial charge in [0.2, 0.25) is 0 Å². The van der Waals surface area contributed by atoms with Gasteiger partial charge in [0.15, 0.2) is 0 Å². The number of ether oxygens (including phenoxy) is 1. The van der Waals surface area contributed by atoms with Crippen molar-refractivity contribution in [2.24, 2.45) is 11.8 Å². The molecular formula is C13H25NO2. The van der Waals surface area contributed by atoms with Crippen molar-refractivity contribution >= 4 is 5.97 Å². The van der Waals surface area contributed by atoms with Gasteiger partial charge in [-0.05, 0) is 45.2 Å². The van der Waals surface area contributed by atoms with E-state index in [1.807, 2.05) is 6.92 Å². The number of piperidine rings is 1. The van der Waals surface area contributed by atoms with Crippen LogP contribution in [0.4, 0.5) is 0 Å². The van der Waals surface area contributed by atoms with Gasteiger partial charge in [-0.2, -0.15) is 0 Å². The van der Waals surface area contributed by atoms with Crippen LogP contribution in [-0.4, -0.2) is 37.1 Å². The molecule has 0 aliphatic carbocycles. The molecule has 1 heterocycles. The van der Waals surface area contributed by atoms with Crippen LogP contribution in [0.15, 0.2) is 0 Å². The normalized spacial score (nSPS) is 22.4. The van der Waals surface area contributed by atoms with Gasteiger partial charge < -0.3 is 9.64 Å². The zero-order chi connectivity index (χ0) is 12.0. The molecule has 0 N–H and O–H groups in total. The van der Waals surface area contributed by atoms with Crippen molar-refractivity contribution in [2.45, 2.75) is 40.0 Å². The molecule has 0 radical (unpaired) electrons. The Morgan fingerprint density at radius 3 is 2.88 bits per heavy atom. The van der Waals surface area contributed by atoms with Gasteiger partial charge in [-0.25, -0.2) is 0 Å². The quantitative estimate of drug-likeness (QED) is 0.675. The van der Waals surface area contributed by atoms with Crippen LogP contribution in [0.3, 0.4) is 0 Å². The Hall–Kier alpha value is -0.570. The summed E-state index contributed by atoms with van der Waals surface area (Å²) in [7, 11) is 0. The van der Waals surface area contributed by atoms with Crippen LogP contribution in [0.2, 0.25) is 0 Å². The molecule has 1 aliphatic rings. The maximum atomic E-state index is 11.6. The van der Waals surface area contributed by atoms with E-state index in [4.69, 9.17) is 4.74 Å². The van der Waals surface area contributed by atoms with Crippen molar-refractivity contribution in [3.05, 3.63) is 0 Å². The molecule has 94 valence electrons. The largest absolute Gasteiger partial charge is 0.466 e. The standard InChI is InChI=1S/C13H25NO2/c1-4-16-13(15)12-6-5-8-14(10-12)9-7-11(2)3/h11-12H,4-10H2,1-3H3/t12-/m0/s1. The van der Waals surface area contributed by atoms with E-state index in [2.05, 4.69) is 18.7 Å². The summed E-state index contributed by atoms with van der Waals surface area (Å²) in [6, 6.07) is 0. The molecule has 3 nitrogen and oxygen atoms in total. The maximum Gasteiger partial charge on any atom is 0.310 e. The van der Waals surface area contributed by atoms with E-state index in [9.17, 15) is 4.79 Å². The van der Waals surface area contributed by atoms with Crippen molar-refractivity contribution < 1.29 is 9.53 Å². The molecule has 0 amide bonds. The lowest BCUT2D eigenvalue weighted by Crippen LogP contribution is -2.40. The summed E-state index contributed by atoms with van der Waals surface area (Å²) in [6.45, 7) is 10.0. The zero-order valence-electron chi connectivity index (χ0n) is 10.9. The first-order valence-corrected chi connectivity index (χ1v) is 6.52. The molecule has 1 atom stereocenters. The molecule has 3 heteroatoms. The summed E-state index contributed by atoms with van der Waals surface area (Å²) < 4.78 is 5.09. The minimum Gasteiger partial charge on any atom is -0.466 e. The molecular weight excluding hydrogens is 202 g/mol. The van der Waals surface area contributed by atoms with Crippen LogP contribution >= 0.6 is 0 Å². The topological polar surface area (TPSA) is 29.5 Å². The van der Waals surface area contributed by atoms with Crippen LogP contribution in [0.25, 0.3) is 0 Å². The van der Waals surface area contributed by atoms with Crippen LogP contribution < -0.4 is 0 Å². The molecule has 0 aromatic carbocycles. The Morgan fingerprint density at radius 2 is 2.25 bits per heavy atom. The number of hydrogen-bond donors (Lipinski definition) is 0. The second-order valence-corrected chi connectivity index (χ2v) is 5.07. The Morgan fingerprint density at radius 1 is 1.50 bits per heavy atom. The van der Waals surface area contributed by atoms with Crippen molar-refractivity contribution in [3.8, 4) is 0 Å². The lowest BCUT2D eigenvalue weighted by Gasteiger charge is -2.31. The van der Waals surface area contributed by atoms with Crippen LogP contribution in [0.1, 0.15) is 40.0 Å². The van der Waals surface area contributed by atoms with Gasteiger partial charge in [-0.3, -0.25) is 4.79 Å². The van der Waals surface area contributed by atoms with Crippen molar-refractivity contribution in [1.29, 1.82) is 0 Å². The van der Waals surface area contributed by atoms with E-state index in [0.29, 0.717) is 6.61 Å². The third-order valence-electron chi connectivity index (χ3n) is 3.15. The highest BCUT2D eigenvalue weighted by atomic mass is 16.5. The lowest BCUT2D eigenvalue weighted by atomic mass is 9.97. The summed E-state index contributed by atoms with van der Waals surface area (Å²) >= 11 is 0. The number of hydrogen-bond acceptors (Lipinski definition) is 3. The fourth-order valence-corrected chi connectivity index (χ4v) is 2.15. The lowest BCUT2D eigenvalue weighted by molar-refractivity contribution is -0.149. The number of likely N-dealkylation sites (tertiary alicyclic amines) is 1. The third-order valence-corrected chi connectivity index (χ3v) is 3.15. The summed E-state index contributed by atoms with van der Waals surface area (Å²) in [5.41, 5.74) is 0. The highest BCUT2D eigenvalue weighted by Gasteiger charge is 2.26. The Balaban J connectivity index is 2.32. The zero-order valence-corrected chi connectivity index (χ0v) is 10.9. The molecule has 0 saturated carbocycles. The minimum absolute atomic E-state index is 0.00301. The SMILES string of the molecule is CCOC(=O)[C@H]1CCCN(CCC(C)C)C1. The van der Waals surface area contributed by atoms with Crippen molar-refractivity contribution in [2.75, 3.05) is 26.2 Å². The number of carbonyl (C=O) groups is 1. The average molecular weight is 227 g/mol. The predicted molar refractivity (Wildman–Crippen MR) is 65.3 cm³/mol. The van der Waals surface area contributed by atoms with Gasteiger partial charge in [-0.1, -0.05) is 13.8 Å². The van der Waals surface area contributed by atoms with Gasteiger partial charge in [0.05, 0.1) is 12.5 Å². The van der Waals surface area contributed by atoms with E-state index in [1.54, 1.807) is 0 Å². The predicted octanol–water partition coefficient (Wildman–Crippen LogP) is 2.31. The summed E-state index contributed by atoms with van der Waals surface area (Å²) in [4.78, 5) is 14.0. The van der Waals surface area contributed by atoms with Crippen LogP contribution in [-0.2, 0) is 9.53 Å². The number of carbonyl (C=O) groups excluding carboxylic acids is 1. The molecule has 0 bridgehead atoms. The van der Waals surface area contributed by atoms with Gasteiger partial charge >= 0.3 is 5.97 Å². The minimum atomic E-state index is -0.00301. The molecule has 0 aromatic heterocycles. The Kier molecular flexibility index (Phi) is 5.81. The maximum absolute atomic E-state index is 11.6. The first-order valence-electron chi connectivity index (χ1n) is 6.52. The van der Waals surface area contributed by atoms with E-state index < -0.39 is 0 Å². The number of nitrogens with zero attached hydrogens (tertiary/aromatic N) is 1. The van der Waals surface area contributed by atoms with Crippen LogP contribution in [0, 0.1) is 11.8 Å². The summed E-state index contributed by atoms with van der Waals surface area (Å²) in [5.74, 6) is 0.848. The van der Waals surface area contributed by atoms with Gasteiger partial charge in [0, 0.05) is 6.54 Å². The van der Waals surface area contributed by atoms with Crippen molar-refractivity contribution in [1.82, 2.24) is 4.90 Å². The van der Waals surface area contributed by atoms with Crippen molar-refractivity contribution in [3.63, 3.8) is 0 Å². The Bertz CT molecular complexity index is 216.